The lowest BCUT2D eigenvalue weighted by Crippen LogP contribution is -2.32. The molecule has 0 spiro atoms. The average Bonchev–Trinajstić information content (AvgIpc) is 3.07. The summed E-state index contributed by atoms with van der Waals surface area (Å²) in [6, 6.07) is 3.61. The molecule has 140 valence electrons. The molecule has 1 saturated carbocycles. The van der Waals surface area contributed by atoms with Gasteiger partial charge in [0.1, 0.15) is 11.5 Å². The highest BCUT2D eigenvalue weighted by Gasteiger charge is 2.37. The molecule has 0 aliphatic heterocycles. The van der Waals surface area contributed by atoms with Crippen molar-refractivity contribution in [3.05, 3.63) is 30.7 Å². The van der Waals surface area contributed by atoms with Gasteiger partial charge in [-0.05, 0) is 25.0 Å². The van der Waals surface area contributed by atoms with E-state index >= 15 is 0 Å². The molecule has 9 heteroatoms. The molecule has 4 rings (SSSR count). The normalized spacial score (nSPS) is 17.1. The molecule has 1 N–H and O–H groups in total. The fraction of sp³-hybridized carbons (Fsp3) is 0.389. The van der Waals surface area contributed by atoms with Crippen LogP contribution in [0.25, 0.3) is 22.2 Å². The van der Waals surface area contributed by atoms with Crippen molar-refractivity contribution < 1.29 is 13.6 Å². The van der Waals surface area contributed by atoms with Gasteiger partial charge in [-0.1, -0.05) is 5.21 Å². The standard InChI is InChI=1S/C18H18F2N6O/c1-26-10-15(24-25-26)13-6-12-7-16(22-9-14(12)21-8-13)23-17(27)11-2-4-18(19,20)5-3-11/h6-11H,2-5H2,1H3,(H,22,23,27). The van der Waals surface area contributed by atoms with Gasteiger partial charge in [0.05, 0.1) is 17.9 Å². The Kier molecular flexibility index (Phi) is 4.29. The van der Waals surface area contributed by atoms with E-state index in [1.165, 1.54) is 0 Å². The molecule has 1 aliphatic carbocycles. The third kappa shape index (κ3) is 3.76. The second-order valence-electron chi connectivity index (χ2n) is 6.88. The van der Waals surface area contributed by atoms with Crippen molar-refractivity contribution in [3.8, 4) is 11.3 Å². The number of nitrogens with zero attached hydrogens (tertiary/aromatic N) is 5. The summed E-state index contributed by atoms with van der Waals surface area (Å²) in [6.45, 7) is 0. The number of aryl methyl sites for hydroxylation is 1. The van der Waals surface area contributed by atoms with E-state index in [2.05, 4.69) is 25.6 Å². The van der Waals surface area contributed by atoms with E-state index in [1.807, 2.05) is 6.07 Å². The number of hydrogen-bond donors (Lipinski definition) is 1. The molecule has 7 nitrogen and oxygen atoms in total. The number of fused-ring (bicyclic) bond motifs is 1. The summed E-state index contributed by atoms with van der Waals surface area (Å²) >= 11 is 0. The van der Waals surface area contributed by atoms with Gasteiger partial charge in [-0.3, -0.25) is 14.5 Å². The Labute approximate surface area is 153 Å². The Morgan fingerprint density at radius 2 is 2.00 bits per heavy atom. The number of amides is 1. The molecule has 0 bridgehead atoms. The second kappa shape index (κ2) is 6.64. The molecule has 0 atom stereocenters. The SMILES string of the molecule is Cn1cc(-c2cnc3cnc(NC(=O)C4CCC(F)(F)CC4)cc3c2)nn1. The highest BCUT2D eigenvalue weighted by atomic mass is 19.3. The van der Waals surface area contributed by atoms with E-state index in [0.717, 1.165) is 10.9 Å². The zero-order valence-corrected chi connectivity index (χ0v) is 14.7. The molecule has 27 heavy (non-hydrogen) atoms. The summed E-state index contributed by atoms with van der Waals surface area (Å²) in [5, 5.41) is 11.5. The van der Waals surface area contributed by atoms with Crippen molar-refractivity contribution in [2.75, 3.05) is 5.32 Å². The maximum Gasteiger partial charge on any atom is 0.248 e. The molecular weight excluding hydrogens is 354 g/mol. The van der Waals surface area contributed by atoms with Crippen LogP contribution in [0.5, 0.6) is 0 Å². The minimum atomic E-state index is -2.65. The number of hydrogen-bond acceptors (Lipinski definition) is 5. The summed E-state index contributed by atoms with van der Waals surface area (Å²) in [6.07, 6.45) is 4.92. The number of anilines is 1. The average molecular weight is 372 g/mol. The smallest absolute Gasteiger partial charge is 0.248 e. The summed E-state index contributed by atoms with van der Waals surface area (Å²) in [5.41, 5.74) is 2.17. The first-order valence-electron chi connectivity index (χ1n) is 8.71. The molecule has 3 aromatic heterocycles. The summed E-state index contributed by atoms with van der Waals surface area (Å²) < 4.78 is 28.1. The van der Waals surface area contributed by atoms with Crippen molar-refractivity contribution in [2.45, 2.75) is 31.6 Å². The molecule has 3 heterocycles. The van der Waals surface area contributed by atoms with Crippen molar-refractivity contribution in [3.63, 3.8) is 0 Å². The van der Waals surface area contributed by atoms with Crippen molar-refractivity contribution in [2.24, 2.45) is 13.0 Å². The molecule has 0 radical (unpaired) electrons. The van der Waals surface area contributed by atoms with Gasteiger partial charge in [-0.15, -0.1) is 5.10 Å². The predicted octanol–water partition coefficient (Wildman–Crippen LogP) is 3.19. The summed E-state index contributed by atoms with van der Waals surface area (Å²) in [7, 11) is 1.78. The molecule has 0 saturated heterocycles. The zero-order valence-electron chi connectivity index (χ0n) is 14.7. The number of nitrogens with one attached hydrogen (secondary N) is 1. The Balaban J connectivity index is 1.53. The largest absolute Gasteiger partial charge is 0.310 e. The second-order valence-corrected chi connectivity index (χ2v) is 6.88. The number of rotatable bonds is 3. The molecule has 1 fully saturated rings. The Morgan fingerprint density at radius 3 is 2.70 bits per heavy atom. The van der Waals surface area contributed by atoms with E-state index in [9.17, 15) is 13.6 Å². The molecule has 1 amide bonds. The number of pyridine rings is 2. The van der Waals surface area contributed by atoms with Crippen molar-refractivity contribution in [1.29, 1.82) is 0 Å². The van der Waals surface area contributed by atoms with E-state index < -0.39 is 11.8 Å². The van der Waals surface area contributed by atoms with Crippen LogP contribution in [0.4, 0.5) is 14.6 Å². The van der Waals surface area contributed by atoms with Crippen molar-refractivity contribution in [1.82, 2.24) is 25.0 Å². The van der Waals surface area contributed by atoms with Gasteiger partial charge >= 0.3 is 0 Å². The van der Waals surface area contributed by atoms with Crippen LogP contribution in [0.2, 0.25) is 0 Å². The van der Waals surface area contributed by atoms with Gasteiger partial charge in [-0.2, -0.15) is 0 Å². The minimum Gasteiger partial charge on any atom is -0.310 e. The topological polar surface area (TPSA) is 85.6 Å². The lowest BCUT2D eigenvalue weighted by molar-refractivity contribution is -0.124. The van der Waals surface area contributed by atoms with E-state index in [0.29, 0.717) is 17.0 Å². The first-order valence-corrected chi connectivity index (χ1v) is 8.71. The van der Waals surface area contributed by atoms with Crippen LogP contribution in [-0.4, -0.2) is 36.8 Å². The van der Waals surface area contributed by atoms with Crippen LogP contribution in [0.1, 0.15) is 25.7 Å². The zero-order chi connectivity index (χ0) is 19.0. The van der Waals surface area contributed by atoms with Gasteiger partial charge in [0.2, 0.25) is 11.8 Å². The van der Waals surface area contributed by atoms with Gasteiger partial charge in [0, 0.05) is 43.0 Å². The van der Waals surface area contributed by atoms with Crippen LogP contribution >= 0.6 is 0 Å². The van der Waals surface area contributed by atoms with Gasteiger partial charge in [-0.25, -0.2) is 13.8 Å². The number of alkyl halides is 2. The molecule has 0 aromatic carbocycles. The van der Waals surface area contributed by atoms with E-state index in [4.69, 9.17) is 0 Å². The maximum atomic E-state index is 13.3. The van der Waals surface area contributed by atoms with E-state index in [1.54, 1.807) is 36.4 Å². The number of carbonyl (C=O) groups excluding carboxylic acids is 1. The number of aromatic nitrogens is 5. The lowest BCUT2D eigenvalue weighted by atomic mass is 9.86. The highest BCUT2D eigenvalue weighted by molar-refractivity contribution is 5.94. The Hall–Kier alpha value is -2.97. The monoisotopic (exact) mass is 372 g/mol. The summed E-state index contributed by atoms with van der Waals surface area (Å²) in [4.78, 5) is 20.9. The van der Waals surface area contributed by atoms with Crippen LogP contribution in [-0.2, 0) is 11.8 Å². The van der Waals surface area contributed by atoms with Gasteiger partial charge in [0.15, 0.2) is 0 Å². The maximum absolute atomic E-state index is 13.3. The molecule has 0 unspecified atom stereocenters. The molecular formula is C18H18F2N6O. The molecule has 3 aromatic rings. The fourth-order valence-electron chi connectivity index (χ4n) is 3.25. The quantitative estimate of drug-likeness (QED) is 0.763. The first-order chi connectivity index (χ1) is 12.9. The van der Waals surface area contributed by atoms with Gasteiger partial charge < -0.3 is 5.32 Å². The Bertz CT molecular complexity index is 992. The third-order valence-corrected chi connectivity index (χ3v) is 4.81. The van der Waals surface area contributed by atoms with Crippen LogP contribution < -0.4 is 5.32 Å². The van der Waals surface area contributed by atoms with Crippen LogP contribution in [0.15, 0.2) is 30.7 Å². The van der Waals surface area contributed by atoms with Gasteiger partial charge in [0.25, 0.3) is 0 Å². The van der Waals surface area contributed by atoms with E-state index in [-0.39, 0.29) is 31.6 Å². The summed E-state index contributed by atoms with van der Waals surface area (Å²) in [5.74, 6) is -2.95. The predicted molar refractivity (Wildman–Crippen MR) is 95.1 cm³/mol. The third-order valence-electron chi connectivity index (χ3n) is 4.81. The lowest BCUT2D eigenvalue weighted by Gasteiger charge is -2.27. The first kappa shape index (κ1) is 17.4. The van der Waals surface area contributed by atoms with Crippen LogP contribution in [0, 0.1) is 5.92 Å². The number of halogens is 2. The van der Waals surface area contributed by atoms with Crippen LogP contribution in [0.3, 0.4) is 0 Å². The minimum absolute atomic E-state index is 0.185. The van der Waals surface area contributed by atoms with Crippen molar-refractivity contribution >= 4 is 22.6 Å². The fourth-order valence-corrected chi connectivity index (χ4v) is 3.25. The highest BCUT2D eigenvalue weighted by Crippen LogP contribution is 2.36. The molecule has 1 aliphatic rings. The number of carbonyl (C=O) groups is 1. The Morgan fingerprint density at radius 1 is 1.22 bits per heavy atom.